The van der Waals surface area contributed by atoms with E-state index in [1.54, 1.807) is 0 Å². The lowest BCUT2D eigenvalue weighted by molar-refractivity contribution is 1.16. The lowest BCUT2D eigenvalue weighted by atomic mass is 10.00. The second kappa shape index (κ2) is 9.86. The van der Waals surface area contributed by atoms with E-state index < -0.39 is 0 Å². The van der Waals surface area contributed by atoms with E-state index in [1.807, 2.05) is 0 Å². The van der Waals surface area contributed by atoms with Crippen molar-refractivity contribution in [2.75, 3.05) is 0 Å². The first-order valence-corrected chi connectivity index (χ1v) is 15.1. The Kier molecular flexibility index (Phi) is 5.54. The largest absolute Gasteiger partial charge is 0.309 e. The maximum absolute atomic E-state index is 2.43. The molecule has 44 heavy (non-hydrogen) atoms. The van der Waals surface area contributed by atoms with Gasteiger partial charge in [0.2, 0.25) is 0 Å². The van der Waals surface area contributed by atoms with Crippen LogP contribution in [0.15, 0.2) is 170 Å². The molecule has 0 radical (unpaired) electrons. The topological polar surface area (TPSA) is 9.86 Å². The quantitative estimate of drug-likeness (QED) is 0.203. The van der Waals surface area contributed by atoms with Gasteiger partial charge in [-0.1, -0.05) is 121 Å². The molecule has 0 aliphatic carbocycles. The Balaban J connectivity index is 1.27. The molecule has 9 aromatic rings. The van der Waals surface area contributed by atoms with Gasteiger partial charge in [-0.2, -0.15) is 0 Å². The number of hydrogen-bond acceptors (Lipinski definition) is 0. The SMILES string of the molecule is c1ccc(-c2ccc(-c3cccc(-n4c5ccccc5c5cc6c7ccccc7n(-c7ccccc7)c6cc54)c3)cc2)cc1. The molecule has 2 heterocycles. The molecule has 0 fully saturated rings. The summed E-state index contributed by atoms with van der Waals surface area (Å²) in [4.78, 5) is 0. The summed E-state index contributed by atoms with van der Waals surface area (Å²) in [7, 11) is 0. The molecule has 0 atom stereocenters. The minimum absolute atomic E-state index is 1.16. The Morgan fingerprint density at radius 2 is 0.705 bits per heavy atom. The first-order valence-electron chi connectivity index (χ1n) is 15.1. The second-order valence-electron chi connectivity index (χ2n) is 11.4. The standard InChI is InChI=1S/C42H28N2/c1-3-12-29(13-4-1)30-22-24-31(25-23-30)32-14-11-17-34(26-32)44-40-21-10-8-19-36(40)38-27-37-35-18-7-9-20-39(35)43(41(37)28-42(38)44)33-15-5-2-6-16-33/h1-28H. The fraction of sp³-hybridized carbons (Fsp3) is 0. The zero-order valence-corrected chi connectivity index (χ0v) is 24.1. The highest BCUT2D eigenvalue weighted by Gasteiger charge is 2.18. The molecule has 0 unspecified atom stereocenters. The highest BCUT2D eigenvalue weighted by Crippen LogP contribution is 2.40. The number of aromatic nitrogens is 2. The average Bonchev–Trinajstić information content (AvgIpc) is 3.60. The van der Waals surface area contributed by atoms with Crippen LogP contribution in [0.1, 0.15) is 0 Å². The highest BCUT2D eigenvalue weighted by atomic mass is 15.0. The van der Waals surface area contributed by atoms with Crippen LogP contribution in [-0.2, 0) is 0 Å². The summed E-state index contributed by atoms with van der Waals surface area (Å²) in [5.41, 5.74) is 12.0. The van der Waals surface area contributed by atoms with Crippen LogP contribution in [0.3, 0.4) is 0 Å². The number of nitrogens with zero attached hydrogens (tertiary/aromatic N) is 2. The van der Waals surface area contributed by atoms with Gasteiger partial charge in [-0.05, 0) is 70.8 Å². The third-order valence-corrected chi connectivity index (χ3v) is 8.91. The number of rotatable bonds is 4. The van der Waals surface area contributed by atoms with Crippen LogP contribution in [0.25, 0.3) is 77.2 Å². The van der Waals surface area contributed by atoms with Crippen molar-refractivity contribution in [3.63, 3.8) is 0 Å². The first-order chi connectivity index (χ1) is 21.8. The van der Waals surface area contributed by atoms with Gasteiger partial charge in [-0.25, -0.2) is 0 Å². The van der Waals surface area contributed by atoms with Crippen LogP contribution in [0.2, 0.25) is 0 Å². The maximum atomic E-state index is 2.43. The molecule has 2 heteroatoms. The van der Waals surface area contributed by atoms with E-state index in [0.29, 0.717) is 0 Å². The summed E-state index contributed by atoms with van der Waals surface area (Å²) in [6.45, 7) is 0. The van der Waals surface area contributed by atoms with E-state index in [0.717, 1.165) is 5.69 Å². The molecular formula is C42H28N2. The summed E-state index contributed by atoms with van der Waals surface area (Å²) in [6.07, 6.45) is 0. The van der Waals surface area contributed by atoms with Crippen LogP contribution in [0.5, 0.6) is 0 Å². The first kappa shape index (κ1) is 24.7. The molecule has 0 amide bonds. The van der Waals surface area contributed by atoms with Gasteiger partial charge >= 0.3 is 0 Å². The lowest BCUT2D eigenvalue weighted by Crippen LogP contribution is -1.96. The predicted octanol–water partition coefficient (Wildman–Crippen LogP) is 11.2. The van der Waals surface area contributed by atoms with E-state index >= 15 is 0 Å². The van der Waals surface area contributed by atoms with E-state index in [1.165, 1.54) is 71.6 Å². The van der Waals surface area contributed by atoms with E-state index in [2.05, 4.69) is 179 Å². The van der Waals surface area contributed by atoms with Crippen molar-refractivity contribution in [2.24, 2.45) is 0 Å². The van der Waals surface area contributed by atoms with Crippen molar-refractivity contribution in [3.8, 4) is 33.6 Å². The molecule has 9 rings (SSSR count). The third kappa shape index (κ3) is 3.82. The van der Waals surface area contributed by atoms with Gasteiger partial charge in [0.05, 0.1) is 22.1 Å². The van der Waals surface area contributed by atoms with E-state index in [-0.39, 0.29) is 0 Å². The predicted molar refractivity (Wildman–Crippen MR) is 186 cm³/mol. The second-order valence-corrected chi connectivity index (χ2v) is 11.4. The Morgan fingerprint density at radius 3 is 1.34 bits per heavy atom. The van der Waals surface area contributed by atoms with Crippen molar-refractivity contribution < 1.29 is 0 Å². The molecule has 0 spiro atoms. The Labute approximate surface area is 255 Å². The minimum atomic E-state index is 1.16. The monoisotopic (exact) mass is 560 g/mol. The van der Waals surface area contributed by atoms with Crippen LogP contribution in [0.4, 0.5) is 0 Å². The zero-order chi connectivity index (χ0) is 29.0. The maximum Gasteiger partial charge on any atom is 0.0562 e. The van der Waals surface area contributed by atoms with Crippen molar-refractivity contribution >= 4 is 43.6 Å². The van der Waals surface area contributed by atoms with Gasteiger partial charge < -0.3 is 9.13 Å². The Hall–Kier alpha value is -5.86. The molecule has 7 aromatic carbocycles. The molecule has 0 saturated heterocycles. The smallest absolute Gasteiger partial charge is 0.0562 e. The number of fused-ring (bicyclic) bond motifs is 6. The Morgan fingerprint density at radius 1 is 0.250 bits per heavy atom. The van der Waals surface area contributed by atoms with Crippen molar-refractivity contribution in [3.05, 3.63) is 170 Å². The molecular weight excluding hydrogens is 532 g/mol. The van der Waals surface area contributed by atoms with Gasteiger partial charge in [-0.15, -0.1) is 0 Å². The van der Waals surface area contributed by atoms with Gasteiger partial charge in [-0.3, -0.25) is 0 Å². The van der Waals surface area contributed by atoms with Crippen LogP contribution in [0, 0.1) is 0 Å². The fourth-order valence-corrected chi connectivity index (χ4v) is 6.87. The molecule has 2 nitrogen and oxygen atoms in total. The van der Waals surface area contributed by atoms with Gasteiger partial charge in [0.1, 0.15) is 0 Å². The zero-order valence-electron chi connectivity index (χ0n) is 24.1. The van der Waals surface area contributed by atoms with Gasteiger partial charge in [0.25, 0.3) is 0 Å². The number of para-hydroxylation sites is 3. The van der Waals surface area contributed by atoms with Crippen LogP contribution in [-0.4, -0.2) is 9.13 Å². The summed E-state index contributed by atoms with van der Waals surface area (Å²) in [5.74, 6) is 0. The number of hydrogen-bond donors (Lipinski definition) is 0. The highest BCUT2D eigenvalue weighted by molar-refractivity contribution is 6.19. The van der Waals surface area contributed by atoms with Gasteiger partial charge in [0.15, 0.2) is 0 Å². The molecule has 0 aliphatic rings. The van der Waals surface area contributed by atoms with Crippen molar-refractivity contribution in [1.82, 2.24) is 9.13 Å². The summed E-state index contributed by atoms with van der Waals surface area (Å²) >= 11 is 0. The molecule has 2 aromatic heterocycles. The number of benzene rings is 7. The van der Waals surface area contributed by atoms with Crippen LogP contribution < -0.4 is 0 Å². The van der Waals surface area contributed by atoms with E-state index in [4.69, 9.17) is 0 Å². The molecule has 206 valence electrons. The van der Waals surface area contributed by atoms with Crippen LogP contribution >= 0.6 is 0 Å². The fourth-order valence-electron chi connectivity index (χ4n) is 6.87. The van der Waals surface area contributed by atoms with E-state index in [9.17, 15) is 0 Å². The summed E-state index contributed by atoms with van der Waals surface area (Å²) in [6, 6.07) is 61.4. The normalized spacial score (nSPS) is 11.6. The van der Waals surface area contributed by atoms with Crippen molar-refractivity contribution in [2.45, 2.75) is 0 Å². The molecule has 0 aliphatic heterocycles. The molecule has 0 saturated carbocycles. The minimum Gasteiger partial charge on any atom is -0.309 e. The Bertz CT molecular complexity index is 2460. The lowest BCUT2D eigenvalue weighted by Gasteiger charge is -2.12. The van der Waals surface area contributed by atoms with Gasteiger partial charge in [0, 0.05) is 32.9 Å². The van der Waals surface area contributed by atoms with Crippen molar-refractivity contribution in [1.29, 1.82) is 0 Å². The summed E-state index contributed by atoms with van der Waals surface area (Å²) in [5, 5.41) is 5.07. The summed E-state index contributed by atoms with van der Waals surface area (Å²) < 4.78 is 4.83. The molecule has 0 bridgehead atoms. The average molecular weight is 561 g/mol. The molecule has 0 N–H and O–H groups in total. The third-order valence-electron chi connectivity index (χ3n) is 8.91.